The fraction of sp³-hybridized carbons (Fsp3) is 0.333. The molecule has 9 nitrogen and oxygen atoms in total. The van der Waals surface area contributed by atoms with Crippen LogP contribution in [-0.2, 0) is 0 Å². The molecule has 0 atom stereocenters. The van der Waals surface area contributed by atoms with Crippen molar-refractivity contribution in [3.63, 3.8) is 0 Å². The smallest absolute Gasteiger partial charge is 0.273 e. The average Bonchev–Trinajstić information content (AvgIpc) is 2.65. The quantitative estimate of drug-likeness (QED) is 0.472. The molecule has 0 fully saturated rings. The minimum atomic E-state index is -0.468. The molecule has 10 heteroatoms. The standard InChI is InChI=1S/C18H24ClN7O2/c1-26(2,10-8-22-17(27)12-6-4-3-5-7-12)11-9-23-18(28)13-15(20)25-16(21)14(19)24-13/h3-7H,8-11H2,1-2H3,(H5-,20,21,22,23,25,27,28)/p+1. The van der Waals surface area contributed by atoms with Crippen molar-refractivity contribution in [3.8, 4) is 0 Å². The molecule has 1 aromatic carbocycles. The number of quaternary nitrogens is 1. The van der Waals surface area contributed by atoms with E-state index in [1.165, 1.54) is 0 Å². The summed E-state index contributed by atoms with van der Waals surface area (Å²) in [4.78, 5) is 31.9. The lowest BCUT2D eigenvalue weighted by molar-refractivity contribution is -0.887. The number of likely N-dealkylation sites (N-methyl/N-ethyl adjacent to an activating group) is 1. The maximum Gasteiger partial charge on any atom is 0.273 e. The number of nitrogens with one attached hydrogen (secondary N) is 2. The first kappa shape index (κ1) is 21.4. The number of benzene rings is 1. The molecule has 0 spiro atoms. The van der Waals surface area contributed by atoms with Crippen molar-refractivity contribution < 1.29 is 14.1 Å². The Hall–Kier alpha value is -2.91. The Labute approximate surface area is 168 Å². The molecule has 1 aromatic heterocycles. The van der Waals surface area contributed by atoms with Crippen molar-refractivity contribution >= 4 is 35.1 Å². The summed E-state index contributed by atoms with van der Waals surface area (Å²) in [6.45, 7) is 2.25. The fourth-order valence-corrected chi connectivity index (χ4v) is 2.57. The number of hydrogen-bond acceptors (Lipinski definition) is 6. The first-order chi connectivity index (χ1) is 13.2. The molecule has 0 saturated heterocycles. The molecule has 1 heterocycles. The Morgan fingerprint density at radius 3 is 2.14 bits per heavy atom. The Kier molecular flexibility index (Phi) is 7.13. The van der Waals surface area contributed by atoms with Gasteiger partial charge in [-0.1, -0.05) is 29.8 Å². The van der Waals surface area contributed by atoms with Gasteiger partial charge in [0.05, 0.1) is 40.3 Å². The van der Waals surface area contributed by atoms with Gasteiger partial charge in [-0.3, -0.25) is 9.59 Å². The van der Waals surface area contributed by atoms with Crippen molar-refractivity contribution in [2.45, 2.75) is 0 Å². The van der Waals surface area contributed by atoms with Gasteiger partial charge in [-0.25, -0.2) is 9.97 Å². The van der Waals surface area contributed by atoms with E-state index in [-0.39, 0.29) is 28.4 Å². The van der Waals surface area contributed by atoms with Gasteiger partial charge in [-0.15, -0.1) is 0 Å². The Balaban J connectivity index is 1.77. The summed E-state index contributed by atoms with van der Waals surface area (Å²) < 4.78 is 0.596. The highest BCUT2D eigenvalue weighted by molar-refractivity contribution is 6.31. The van der Waals surface area contributed by atoms with E-state index in [0.29, 0.717) is 36.2 Å². The van der Waals surface area contributed by atoms with Gasteiger partial charge in [0.25, 0.3) is 11.8 Å². The predicted molar refractivity (Wildman–Crippen MR) is 109 cm³/mol. The highest BCUT2D eigenvalue weighted by Gasteiger charge is 2.19. The first-order valence-corrected chi connectivity index (χ1v) is 9.09. The van der Waals surface area contributed by atoms with E-state index in [4.69, 9.17) is 23.1 Å². The third-order valence-electron chi connectivity index (χ3n) is 4.16. The molecule has 2 aromatic rings. The van der Waals surface area contributed by atoms with Crippen LogP contribution in [0.5, 0.6) is 0 Å². The highest BCUT2D eigenvalue weighted by Crippen LogP contribution is 2.17. The van der Waals surface area contributed by atoms with Gasteiger partial charge in [-0.2, -0.15) is 0 Å². The van der Waals surface area contributed by atoms with Gasteiger partial charge in [-0.05, 0) is 12.1 Å². The number of aromatic nitrogens is 2. The topological polar surface area (TPSA) is 136 Å². The highest BCUT2D eigenvalue weighted by atomic mass is 35.5. The predicted octanol–water partition coefficient (Wildman–Crippen LogP) is 0.531. The molecule has 2 amide bonds. The van der Waals surface area contributed by atoms with E-state index >= 15 is 0 Å². The lowest BCUT2D eigenvalue weighted by Crippen LogP contribution is -2.49. The minimum Gasteiger partial charge on any atom is -0.382 e. The third-order valence-corrected chi connectivity index (χ3v) is 4.44. The van der Waals surface area contributed by atoms with Crippen LogP contribution in [0.25, 0.3) is 0 Å². The molecule has 0 bridgehead atoms. The summed E-state index contributed by atoms with van der Waals surface area (Å²) in [5, 5.41) is 5.57. The van der Waals surface area contributed by atoms with Crippen LogP contribution in [-0.4, -0.2) is 66.5 Å². The number of rotatable bonds is 8. The first-order valence-electron chi connectivity index (χ1n) is 8.71. The maximum atomic E-state index is 12.2. The van der Waals surface area contributed by atoms with Crippen molar-refractivity contribution in [1.29, 1.82) is 0 Å². The van der Waals surface area contributed by atoms with Crippen molar-refractivity contribution in [2.24, 2.45) is 0 Å². The van der Waals surface area contributed by atoms with Crippen molar-refractivity contribution in [1.82, 2.24) is 20.6 Å². The number of nitrogen functional groups attached to an aromatic ring is 2. The molecular formula is C18H25ClN7O2+. The summed E-state index contributed by atoms with van der Waals surface area (Å²) in [7, 11) is 4.02. The van der Waals surface area contributed by atoms with E-state index in [2.05, 4.69) is 20.6 Å². The van der Waals surface area contributed by atoms with Crippen LogP contribution in [0.4, 0.5) is 11.6 Å². The van der Waals surface area contributed by atoms with E-state index in [1.807, 2.05) is 32.3 Å². The molecule has 0 aliphatic rings. The summed E-state index contributed by atoms with van der Waals surface area (Å²) in [6.07, 6.45) is 0. The second kappa shape index (κ2) is 9.34. The zero-order valence-corrected chi connectivity index (χ0v) is 16.7. The third kappa shape index (κ3) is 6.07. The van der Waals surface area contributed by atoms with Gasteiger partial charge in [0.15, 0.2) is 22.5 Å². The van der Waals surface area contributed by atoms with E-state index in [9.17, 15) is 9.59 Å². The Morgan fingerprint density at radius 2 is 1.54 bits per heavy atom. The number of carbonyl (C=O) groups excluding carboxylic acids is 2. The number of halogens is 1. The molecule has 28 heavy (non-hydrogen) atoms. The molecule has 0 unspecified atom stereocenters. The van der Waals surface area contributed by atoms with Crippen LogP contribution in [0.2, 0.25) is 5.15 Å². The van der Waals surface area contributed by atoms with E-state index in [0.717, 1.165) is 0 Å². The molecule has 6 N–H and O–H groups in total. The largest absolute Gasteiger partial charge is 0.382 e. The molecular weight excluding hydrogens is 382 g/mol. The zero-order chi connectivity index (χ0) is 20.7. The van der Waals surface area contributed by atoms with Gasteiger partial charge < -0.3 is 26.6 Å². The van der Waals surface area contributed by atoms with Crippen molar-refractivity contribution in [3.05, 3.63) is 46.7 Å². The molecule has 0 aliphatic heterocycles. The van der Waals surface area contributed by atoms with Crippen LogP contribution in [0.15, 0.2) is 30.3 Å². The zero-order valence-electron chi connectivity index (χ0n) is 15.9. The van der Waals surface area contributed by atoms with Crippen LogP contribution < -0.4 is 22.1 Å². The molecule has 2 rings (SSSR count). The van der Waals surface area contributed by atoms with Crippen molar-refractivity contribution in [2.75, 3.05) is 51.7 Å². The van der Waals surface area contributed by atoms with Crippen LogP contribution >= 0.6 is 11.6 Å². The summed E-state index contributed by atoms with van der Waals surface area (Å²) in [6, 6.07) is 9.04. The average molecular weight is 407 g/mol. The van der Waals surface area contributed by atoms with Crippen LogP contribution in [0.3, 0.4) is 0 Å². The maximum absolute atomic E-state index is 12.2. The van der Waals surface area contributed by atoms with E-state index in [1.54, 1.807) is 12.1 Å². The lowest BCUT2D eigenvalue weighted by atomic mass is 10.2. The molecule has 0 radical (unpaired) electrons. The second-order valence-corrected chi connectivity index (χ2v) is 7.25. The molecule has 0 aliphatic carbocycles. The van der Waals surface area contributed by atoms with Crippen LogP contribution in [0, 0.1) is 0 Å². The van der Waals surface area contributed by atoms with Gasteiger partial charge in [0.2, 0.25) is 0 Å². The summed E-state index contributed by atoms with van der Waals surface area (Å²) in [5.41, 5.74) is 11.7. The summed E-state index contributed by atoms with van der Waals surface area (Å²) >= 11 is 5.79. The number of nitrogens with zero attached hydrogens (tertiary/aromatic N) is 3. The van der Waals surface area contributed by atoms with Gasteiger partial charge >= 0.3 is 0 Å². The summed E-state index contributed by atoms with van der Waals surface area (Å²) in [5.74, 6) is -0.671. The second-order valence-electron chi connectivity index (χ2n) is 6.89. The Morgan fingerprint density at radius 1 is 0.964 bits per heavy atom. The van der Waals surface area contributed by atoms with Gasteiger partial charge in [0.1, 0.15) is 0 Å². The number of anilines is 2. The Bertz CT molecular complexity index is 843. The monoisotopic (exact) mass is 406 g/mol. The van der Waals surface area contributed by atoms with E-state index < -0.39 is 5.91 Å². The fourth-order valence-electron chi connectivity index (χ4n) is 2.44. The number of hydrogen-bond donors (Lipinski definition) is 4. The van der Waals surface area contributed by atoms with Crippen LogP contribution in [0.1, 0.15) is 20.8 Å². The normalized spacial score (nSPS) is 11.1. The molecule has 0 saturated carbocycles. The minimum absolute atomic E-state index is 0.0222. The van der Waals surface area contributed by atoms with Gasteiger partial charge in [0, 0.05) is 5.56 Å². The number of amides is 2. The molecule has 150 valence electrons. The number of nitrogens with two attached hydrogens (primary N) is 2. The SMILES string of the molecule is C[N+](C)(CCNC(=O)c1ccccc1)CCNC(=O)c1nc(Cl)c(N)nc1N. The lowest BCUT2D eigenvalue weighted by Gasteiger charge is -2.30. The number of carbonyl (C=O) groups is 2.